The summed E-state index contributed by atoms with van der Waals surface area (Å²) in [6.07, 6.45) is -0.652. The van der Waals surface area contributed by atoms with Gasteiger partial charge in [-0.2, -0.15) is 13.2 Å². The van der Waals surface area contributed by atoms with E-state index in [1.165, 1.54) is 15.7 Å². The number of hydrogen-bond donors (Lipinski definition) is 0. The first-order chi connectivity index (χ1) is 17.0. The zero-order valence-corrected chi connectivity index (χ0v) is 21.7. The van der Waals surface area contributed by atoms with Crippen LogP contribution in [0.1, 0.15) is 46.8 Å². The van der Waals surface area contributed by atoms with E-state index in [1.54, 1.807) is 11.9 Å². The highest BCUT2D eigenvalue weighted by molar-refractivity contribution is 14.1. The summed E-state index contributed by atoms with van der Waals surface area (Å²) in [5.74, 6) is -0.413. The topological polar surface area (TPSA) is 71.6 Å². The maximum Gasteiger partial charge on any atom is 0.419 e. The molecule has 2 aliphatic heterocycles. The molecule has 190 valence electrons. The summed E-state index contributed by atoms with van der Waals surface area (Å²) in [7, 11) is 1.69. The van der Waals surface area contributed by atoms with Crippen molar-refractivity contribution in [2.75, 3.05) is 19.6 Å². The van der Waals surface area contributed by atoms with Crippen molar-refractivity contribution in [1.82, 2.24) is 19.4 Å². The van der Waals surface area contributed by atoms with Crippen LogP contribution in [0.2, 0.25) is 0 Å². The van der Waals surface area contributed by atoms with Crippen LogP contribution in [0.4, 0.5) is 13.2 Å². The van der Waals surface area contributed by atoms with Crippen LogP contribution in [-0.4, -0.2) is 48.3 Å². The van der Waals surface area contributed by atoms with Gasteiger partial charge in [0.25, 0.3) is 0 Å². The number of aryl methyl sites for hydroxylation is 2. The number of fused-ring (bicyclic) bond motifs is 3. The molecular weight excluding hydrogens is 588 g/mol. The van der Waals surface area contributed by atoms with Gasteiger partial charge in [0, 0.05) is 57.6 Å². The lowest BCUT2D eigenvalue weighted by molar-refractivity contribution is -0.137. The molecule has 3 aliphatic rings. The highest BCUT2D eigenvalue weighted by Gasteiger charge is 2.47. The Hall–Kier alpha value is -2.41. The van der Waals surface area contributed by atoms with Gasteiger partial charge in [0.1, 0.15) is 3.42 Å². The second-order valence-electron chi connectivity index (χ2n) is 9.99. The molecule has 3 aromatic rings. The van der Waals surface area contributed by atoms with Gasteiger partial charge in [0.15, 0.2) is 5.58 Å². The van der Waals surface area contributed by atoms with Crippen LogP contribution in [0.3, 0.4) is 0 Å². The molecule has 0 N–H and O–H groups in total. The highest BCUT2D eigenvalue weighted by Crippen LogP contribution is 2.44. The predicted molar refractivity (Wildman–Crippen MR) is 134 cm³/mol. The number of pyridine rings is 1. The van der Waals surface area contributed by atoms with Crippen LogP contribution in [0.25, 0.3) is 11.1 Å². The van der Waals surface area contributed by atoms with Crippen LogP contribution in [0.5, 0.6) is 0 Å². The van der Waals surface area contributed by atoms with Gasteiger partial charge in [-0.3, -0.25) is 19.2 Å². The van der Waals surface area contributed by atoms with E-state index >= 15 is 0 Å². The molecule has 0 spiro atoms. The zero-order chi connectivity index (χ0) is 25.4. The van der Waals surface area contributed by atoms with Crippen molar-refractivity contribution in [2.45, 2.75) is 47.9 Å². The first-order valence-electron chi connectivity index (χ1n) is 11.9. The van der Waals surface area contributed by atoms with Gasteiger partial charge in [-0.1, -0.05) is 22.6 Å². The molecule has 4 heterocycles. The van der Waals surface area contributed by atoms with Crippen molar-refractivity contribution in [1.29, 1.82) is 0 Å². The van der Waals surface area contributed by atoms with Crippen LogP contribution in [0, 0.1) is 0 Å². The minimum atomic E-state index is -4.46. The molecule has 0 radical (unpaired) electrons. The molecule has 6 rings (SSSR count). The first kappa shape index (κ1) is 24.0. The second-order valence-corrected chi connectivity index (χ2v) is 12.1. The fourth-order valence-electron chi connectivity index (χ4n) is 5.86. The molecule has 0 bridgehead atoms. The summed E-state index contributed by atoms with van der Waals surface area (Å²) >= 11 is 2.25. The monoisotopic (exact) mass is 612 g/mol. The van der Waals surface area contributed by atoms with E-state index in [2.05, 4.69) is 32.5 Å². The third kappa shape index (κ3) is 3.85. The molecule has 0 saturated carbocycles. The number of nitrogens with zero attached hydrogens (tertiary/aromatic N) is 4. The van der Waals surface area contributed by atoms with Gasteiger partial charge >= 0.3 is 11.9 Å². The SMILES string of the molecule is Cn1c(=O)oc2cc3c(cc21)C(N1CCC(I)(C(=O)N2CCc4ncc(C(F)(F)F)cc4C2)C1)CC3. The molecule has 36 heavy (non-hydrogen) atoms. The maximum absolute atomic E-state index is 13.6. The van der Waals surface area contributed by atoms with Crippen molar-refractivity contribution in [3.63, 3.8) is 0 Å². The largest absolute Gasteiger partial charge is 0.419 e. The molecular formula is C25H24F3IN4O3. The number of likely N-dealkylation sites (tertiary alicyclic amines) is 1. The van der Waals surface area contributed by atoms with Gasteiger partial charge in [0.05, 0.1) is 11.1 Å². The Morgan fingerprint density at radius 1 is 1.19 bits per heavy atom. The fraction of sp³-hybridized carbons (Fsp3) is 0.480. The Kier molecular flexibility index (Phi) is 5.52. The van der Waals surface area contributed by atoms with Crippen LogP contribution < -0.4 is 5.76 Å². The molecule has 1 fully saturated rings. The number of hydrogen-bond acceptors (Lipinski definition) is 5. The van der Waals surface area contributed by atoms with E-state index < -0.39 is 15.2 Å². The fourth-order valence-corrected chi connectivity index (χ4v) is 6.88. The average molecular weight is 612 g/mol. The van der Waals surface area contributed by atoms with E-state index in [1.807, 2.05) is 12.1 Å². The van der Waals surface area contributed by atoms with Gasteiger partial charge in [0.2, 0.25) is 5.91 Å². The number of aromatic nitrogens is 2. The third-order valence-electron chi connectivity index (χ3n) is 7.83. The van der Waals surface area contributed by atoms with Gasteiger partial charge in [-0.25, -0.2) is 4.79 Å². The van der Waals surface area contributed by atoms with Crippen molar-refractivity contribution in [2.24, 2.45) is 7.05 Å². The number of rotatable bonds is 2. The number of amides is 1. The lowest BCUT2D eigenvalue weighted by atomic mass is 10.0. The molecule has 7 nitrogen and oxygen atoms in total. The minimum absolute atomic E-state index is 0.0282. The molecule has 2 unspecified atom stereocenters. The Bertz CT molecular complexity index is 1450. The number of oxazole rings is 1. The van der Waals surface area contributed by atoms with Gasteiger partial charge in [-0.05, 0) is 54.2 Å². The van der Waals surface area contributed by atoms with E-state index in [0.29, 0.717) is 42.8 Å². The molecule has 1 amide bonds. The zero-order valence-electron chi connectivity index (χ0n) is 19.6. The van der Waals surface area contributed by atoms with Crippen molar-refractivity contribution in [3.8, 4) is 0 Å². The first-order valence-corrected chi connectivity index (χ1v) is 13.0. The predicted octanol–water partition coefficient (Wildman–Crippen LogP) is 4.00. The molecule has 11 heteroatoms. The molecule has 1 saturated heterocycles. The molecule has 1 aliphatic carbocycles. The van der Waals surface area contributed by atoms with E-state index in [0.717, 1.165) is 37.2 Å². The third-order valence-corrected chi connectivity index (χ3v) is 9.17. The van der Waals surface area contributed by atoms with Crippen molar-refractivity contribution in [3.05, 3.63) is 62.9 Å². The molecule has 2 atom stereocenters. The van der Waals surface area contributed by atoms with E-state index in [9.17, 15) is 22.8 Å². The van der Waals surface area contributed by atoms with E-state index in [4.69, 9.17) is 4.42 Å². The Morgan fingerprint density at radius 3 is 2.78 bits per heavy atom. The Morgan fingerprint density at radius 2 is 2.00 bits per heavy atom. The normalized spacial score (nSPS) is 24.4. The van der Waals surface area contributed by atoms with Crippen LogP contribution in [-0.2, 0) is 37.4 Å². The van der Waals surface area contributed by atoms with E-state index in [-0.39, 0.29) is 24.2 Å². The number of benzene rings is 1. The molecule has 2 aromatic heterocycles. The summed E-state index contributed by atoms with van der Waals surface area (Å²) in [5, 5.41) is 0. The lowest BCUT2D eigenvalue weighted by Crippen LogP contribution is -2.48. The minimum Gasteiger partial charge on any atom is -0.408 e. The van der Waals surface area contributed by atoms with Crippen molar-refractivity contribution < 1.29 is 22.4 Å². The molecule has 1 aromatic carbocycles. The van der Waals surface area contributed by atoms with Gasteiger partial charge < -0.3 is 9.32 Å². The van der Waals surface area contributed by atoms with Gasteiger partial charge in [-0.15, -0.1) is 0 Å². The number of carbonyl (C=O) groups excluding carboxylic acids is 1. The average Bonchev–Trinajstić information content (AvgIpc) is 3.52. The Balaban J connectivity index is 1.21. The Labute approximate surface area is 218 Å². The number of carbonyl (C=O) groups is 1. The highest BCUT2D eigenvalue weighted by atomic mass is 127. The second kappa shape index (κ2) is 8.30. The van der Waals surface area contributed by atoms with Crippen LogP contribution >= 0.6 is 22.6 Å². The number of alkyl halides is 4. The summed E-state index contributed by atoms with van der Waals surface area (Å²) < 4.78 is 45.7. The maximum atomic E-state index is 13.6. The smallest absolute Gasteiger partial charge is 0.408 e. The van der Waals surface area contributed by atoms with Crippen LogP contribution in [0.15, 0.2) is 33.6 Å². The summed E-state index contributed by atoms with van der Waals surface area (Å²) in [6.45, 7) is 1.93. The lowest BCUT2D eigenvalue weighted by Gasteiger charge is -2.34. The van der Waals surface area contributed by atoms with Crippen molar-refractivity contribution >= 4 is 39.6 Å². The quantitative estimate of drug-likeness (QED) is 0.324. The number of halogens is 4. The summed E-state index contributed by atoms with van der Waals surface area (Å²) in [6, 6.07) is 5.27. The summed E-state index contributed by atoms with van der Waals surface area (Å²) in [5.41, 5.74) is 4.01. The standard InChI is InChI=1S/C25H24F3IN4O3/c1-31-20-10-17-14(9-21(20)36-23(31)35)2-3-19(17)33-7-5-24(29,13-33)22(34)32-6-4-18-15(12-32)8-16(11-30-18)25(26,27)28/h8-11,19H,2-7,12-13H2,1H3. The summed E-state index contributed by atoms with van der Waals surface area (Å²) in [4.78, 5) is 33.6.